The van der Waals surface area contributed by atoms with E-state index in [4.69, 9.17) is 9.47 Å². The van der Waals surface area contributed by atoms with Crippen molar-refractivity contribution in [1.29, 1.82) is 0 Å². The molecule has 1 atom stereocenters. The Hall–Kier alpha value is -2.75. The molecule has 1 N–H and O–H groups in total. The lowest BCUT2D eigenvalue weighted by Gasteiger charge is -2.23. The van der Waals surface area contributed by atoms with E-state index in [1.54, 1.807) is 6.08 Å². The molecule has 122 valence electrons. The Morgan fingerprint density at radius 3 is 2.71 bits per heavy atom. The fourth-order valence-corrected chi connectivity index (χ4v) is 3.24. The molecule has 1 aliphatic heterocycles. The molecule has 2 aliphatic rings. The second-order valence-electron chi connectivity index (χ2n) is 6.19. The molecule has 2 aromatic carbocycles. The van der Waals surface area contributed by atoms with Crippen molar-refractivity contribution in [2.75, 3.05) is 6.79 Å². The van der Waals surface area contributed by atoms with Gasteiger partial charge < -0.3 is 14.8 Å². The fourth-order valence-electron chi connectivity index (χ4n) is 3.24. The second kappa shape index (κ2) is 6.40. The maximum Gasteiger partial charge on any atom is 0.231 e. The minimum absolute atomic E-state index is 0.184. The lowest BCUT2D eigenvalue weighted by molar-refractivity contribution is -0.115. The van der Waals surface area contributed by atoms with Crippen molar-refractivity contribution >= 4 is 5.78 Å². The predicted molar refractivity (Wildman–Crippen MR) is 90.9 cm³/mol. The van der Waals surface area contributed by atoms with Crippen LogP contribution in [0.15, 0.2) is 60.3 Å². The molecule has 24 heavy (non-hydrogen) atoms. The number of benzene rings is 2. The zero-order chi connectivity index (χ0) is 16.4. The summed E-state index contributed by atoms with van der Waals surface area (Å²) in [5.41, 5.74) is 3.33. The number of ether oxygens (including phenoxy) is 2. The number of hydrogen-bond acceptors (Lipinski definition) is 4. The molecule has 0 aromatic heterocycles. The van der Waals surface area contributed by atoms with Crippen LogP contribution >= 0.6 is 0 Å². The van der Waals surface area contributed by atoms with E-state index in [1.807, 2.05) is 36.4 Å². The van der Waals surface area contributed by atoms with Crippen LogP contribution in [0.3, 0.4) is 0 Å². The maximum atomic E-state index is 12.1. The standard InChI is InChI=1S/C20H19NO3/c22-18-10-16(15-4-2-1-3-5-15)9-17(11-18)21-12-14-6-7-19-20(8-14)24-13-23-19/h1-8,11,16,21H,9-10,12-13H2/t16-/m0/s1. The Morgan fingerprint density at radius 2 is 1.83 bits per heavy atom. The molecule has 0 unspecified atom stereocenters. The predicted octanol–water partition coefficient (Wildman–Crippen LogP) is 3.54. The molecule has 4 rings (SSSR count). The van der Waals surface area contributed by atoms with Crippen molar-refractivity contribution in [3.8, 4) is 11.5 Å². The van der Waals surface area contributed by atoms with Gasteiger partial charge in [-0.25, -0.2) is 0 Å². The van der Waals surface area contributed by atoms with Crippen LogP contribution in [0.25, 0.3) is 0 Å². The van der Waals surface area contributed by atoms with Crippen molar-refractivity contribution in [1.82, 2.24) is 5.32 Å². The molecular weight excluding hydrogens is 302 g/mol. The number of nitrogens with one attached hydrogen (secondary N) is 1. The van der Waals surface area contributed by atoms with E-state index in [9.17, 15) is 4.79 Å². The summed E-state index contributed by atoms with van der Waals surface area (Å²) in [6.45, 7) is 0.946. The van der Waals surface area contributed by atoms with Gasteiger partial charge >= 0.3 is 0 Å². The molecule has 1 heterocycles. The van der Waals surface area contributed by atoms with Gasteiger partial charge in [0.1, 0.15) is 0 Å². The summed E-state index contributed by atoms with van der Waals surface area (Å²) < 4.78 is 10.7. The third-order valence-electron chi connectivity index (χ3n) is 4.48. The average molecular weight is 321 g/mol. The van der Waals surface area contributed by atoms with Crippen molar-refractivity contribution in [2.24, 2.45) is 0 Å². The summed E-state index contributed by atoms with van der Waals surface area (Å²) >= 11 is 0. The van der Waals surface area contributed by atoms with Gasteiger partial charge in [-0.05, 0) is 35.6 Å². The van der Waals surface area contributed by atoms with Gasteiger partial charge in [0.05, 0.1) is 0 Å². The molecule has 4 nitrogen and oxygen atoms in total. The summed E-state index contributed by atoms with van der Waals surface area (Å²) in [4.78, 5) is 12.1. The number of rotatable bonds is 4. The summed E-state index contributed by atoms with van der Waals surface area (Å²) in [7, 11) is 0. The van der Waals surface area contributed by atoms with E-state index in [-0.39, 0.29) is 18.5 Å². The van der Waals surface area contributed by atoms with Crippen molar-refractivity contribution in [2.45, 2.75) is 25.3 Å². The fraction of sp³-hybridized carbons (Fsp3) is 0.250. The highest BCUT2D eigenvalue weighted by molar-refractivity contribution is 5.91. The van der Waals surface area contributed by atoms with Gasteiger partial charge in [-0.3, -0.25) is 4.79 Å². The zero-order valence-corrected chi connectivity index (χ0v) is 13.3. The van der Waals surface area contributed by atoms with Crippen LogP contribution in [-0.4, -0.2) is 12.6 Å². The first-order valence-electron chi connectivity index (χ1n) is 8.19. The molecule has 0 spiro atoms. The minimum atomic E-state index is 0.184. The highest BCUT2D eigenvalue weighted by Crippen LogP contribution is 2.33. The summed E-state index contributed by atoms with van der Waals surface area (Å²) in [6.07, 6.45) is 3.19. The minimum Gasteiger partial charge on any atom is -0.454 e. The van der Waals surface area contributed by atoms with Crippen molar-refractivity contribution in [3.05, 3.63) is 71.4 Å². The SMILES string of the molecule is O=C1C=C(NCc2ccc3c(c2)OCO3)C[C@H](c2ccccc2)C1. The second-order valence-corrected chi connectivity index (χ2v) is 6.19. The van der Waals surface area contributed by atoms with E-state index in [1.165, 1.54) is 5.56 Å². The first-order valence-corrected chi connectivity index (χ1v) is 8.19. The van der Waals surface area contributed by atoms with Crippen molar-refractivity contribution < 1.29 is 14.3 Å². The maximum absolute atomic E-state index is 12.1. The topological polar surface area (TPSA) is 47.6 Å². The Bertz CT molecular complexity index is 783. The first kappa shape index (κ1) is 14.8. The molecule has 2 aromatic rings. The number of carbonyl (C=O) groups is 1. The Labute approximate surface area is 141 Å². The Morgan fingerprint density at radius 1 is 1.00 bits per heavy atom. The molecule has 0 saturated carbocycles. The van der Waals surface area contributed by atoms with Gasteiger partial charge in [0.2, 0.25) is 6.79 Å². The lowest BCUT2D eigenvalue weighted by atomic mass is 9.85. The van der Waals surface area contributed by atoms with Gasteiger partial charge in [0, 0.05) is 24.7 Å². The lowest BCUT2D eigenvalue weighted by Crippen LogP contribution is -2.21. The normalized spacial score (nSPS) is 19.1. The number of ketones is 1. The van der Waals surface area contributed by atoms with Crippen LogP contribution in [-0.2, 0) is 11.3 Å². The van der Waals surface area contributed by atoms with Crippen LogP contribution in [0.2, 0.25) is 0 Å². The molecular formula is C20H19NO3. The van der Waals surface area contributed by atoms with Gasteiger partial charge in [-0.1, -0.05) is 36.4 Å². The Balaban J connectivity index is 1.43. The van der Waals surface area contributed by atoms with E-state index in [0.29, 0.717) is 13.0 Å². The third kappa shape index (κ3) is 3.13. The molecule has 0 bridgehead atoms. The number of hydrogen-bond donors (Lipinski definition) is 1. The summed E-state index contributed by atoms with van der Waals surface area (Å²) in [6, 6.07) is 16.2. The Kier molecular flexibility index (Phi) is 3.95. The number of carbonyl (C=O) groups excluding carboxylic acids is 1. The first-order chi connectivity index (χ1) is 11.8. The van der Waals surface area contributed by atoms with E-state index >= 15 is 0 Å². The van der Waals surface area contributed by atoms with E-state index in [0.717, 1.165) is 29.2 Å². The van der Waals surface area contributed by atoms with Crippen LogP contribution < -0.4 is 14.8 Å². The monoisotopic (exact) mass is 321 g/mol. The van der Waals surface area contributed by atoms with Crippen LogP contribution in [0.4, 0.5) is 0 Å². The van der Waals surface area contributed by atoms with Gasteiger partial charge in [-0.2, -0.15) is 0 Å². The van der Waals surface area contributed by atoms with Gasteiger partial charge in [-0.15, -0.1) is 0 Å². The largest absolute Gasteiger partial charge is 0.454 e. The molecule has 0 fully saturated rings. The smallest absolute Gasteiger partial charge is 0.231 e. The molecule has 0 amide bonds. The number of allylic oxidation sites excluding steroid dienone is 2. The highest BCUT2D eigenvalue weighted by atomic mass is 16.7. The summed E-state index contributed by atoms with van der Waals surface area (Å²) in [5, 5.41) is 3.40. The van der Waals surface area contributed by atoms with Crippen LogP contribution in [0.1, 0.15) is 29.9 Å². The number of fused-ring (bicyclic) bond motifs is 1. The van der Waals surface area contributed by atoms with Crippen molar-refractivity contribution in [3.63, 3.8) is 0 Å². The zero-order valence-electron chi connectivity index (χ0n) is 13.3. The molecule has 0 saturated heterocycles. The van der Waals surface area contributed by atoms with E-state index in [2.05, 4.69) is 17.4 Å². The third-order valence-corrected chi connectivity index (χ3v) is 4.48. The van der Waals surface area contributed by atoms with Crippen LogP contribution in [0.5, 0.6) is 11.5 Å². The summed E-state index contributed by atoms with van der Waals surface area (Å²) in [5.74, 6) is 2.01. The quantitative estimate of drug-likeness (QED) is 0.936. The molecule has 1 aliphatic carbocycles. The van der Waals surface area contributed by atoms with Gasteiger partial charge in [0.15, 0.2) is 17.3 Å². The molecule has 4 heteroatoms. The van der Waals surface area contributed by atoms with Gasteiger partial charge in [0.25, 0.3) is 0 Å². The average Bonchev–Trinajstić information content (AvgIpc) is 3.08. The van der Waals surface area contributed by atoms with E-state index < -0.39 is 0 Å². The van der Waals surface area contributed by atoms with Crippen LogP contribution in [0, 0.1) is 0 Å². The highest BCUT2D eigenvalue weighted by Gasteiger charge is 2.22. The molecule has 0 radical (unpaired) electrons.